The second-order valence-corrected chi connectivity index (χ2v) is 8.26. The van der Waals surface area contributed by atoms with Crippen LogP contribution in [0.1, 0.15) is 42.3 Å². The molecule has 0 saturated heterocycles. The van der Waals surface area contributed by atoms with E-state index in [9.17, 15) is 14.4 Å². The van der Waals surface area contributed by atoms with Crippen molar-refractivity contribution in [3.05, 3.63) is 59.2 Å². The lowest BCUT2D eigenvalue weighted by atomic mass is 10.0. The Kier molecular flexibility index (Phi) is 7.92. The van der Waals surface area contributed by atoms with Crippen LogP contribution >= 0.6 is 0 Å². The molecule has 1 aliphatic heterocycles. The van der Waals surface area contributed by atoms with E-state index >= 15 is 0 Å². The van der Waals surface area contributed by atoms with Crippen LogP contribution in [-0.2, 0) is 20.9 Å². The van der Waals surface area contributed by atoms with Crippen molar-refractivity contribution in [3.8, 4) is 11.5 Å². The molecule has 1 N–H and O–H groups in total. The summed E-state index contributed by atoms with van der Waals surface area (Å²) in [6.07, 6.45) is 0. The molecule has 0 aromatic heterocycles. The topological polar surface area (TPSA) is 94.2 Å². The lowest BCUT2D eigenvalue weighted by Gasteiger charge is -2.23. The fraction of sp³-hybridized carbons (Fsp3) is 0.400. The van der Waals surface area contributed by atoms with Gasteiger partial charge in [0, 0.05) is 18.7 Å². The highest BCUT2D eigenvalue weighted by Crippen LogP contribution is 2.32. The summed E-state index contributed by atoms with van der Waals surface area (Å²) in [5.41, 5.74) is 2.37. The Morgan fingerprint density at radius 1 is 1.06 bits per heavy atom. The van der Waals surface area contributed by atoms with Gasteiger partial charge in [0.25, 0.3) is 11.8 Å². The molecule has 2 aromatic carbocycles. The SMILES string of the molecule is CCN(Cc1ccc2c(c1)OCO2)C(=O)COC(=O)[C@@H](NC(=O)c1ccc(C)cc1)C(C)C. The van der Waals surface area contributed by atoms with Gasteiger partial charge >= 0.3 is 5.97 Å². The molecule has 0 fully saturated rings. The quantitative estimate of drug-likeness (QED) is 0.586. The Balaban J connectivity index is 1.56. The molecule has 0 saturated carbocycles. The van der Waals surface area contributed by atoms with Crippen molar-refractivity contribution < 1.29 is 28.6 Å². The first kappa shape index (κ1) is 24.1. The summed E-state index contributed by atoms with van der Waals surface area (Å²) in [6.45, 7) is 7.97. The maximum atomic E-state index is 12.7. The van der Waals surface area contributed by atoms with Crippen LogP contribution in [0.5, 0.6) is 11.5 Å². The van der Waals surface area contributed by atoms with Crippen LogP contribution in [0.2, 0.25) is 0 Å². The molecular weight excluding hydrogens is 424 g/mol. The van der Waals surface area contributed by atoms with E-state index in [-0.39, 0.29) is 24.5 Å². The van der Waals surface area contributed by atoms with Gasteiger partial charge in [-0.05, 0) is 49.6 Å². The first-order chi connectivity index (χ1) is 15.8. The standard InChI is InChI=1S/C25H30N2O6/c1-5-27(13-18-8-11-20-21(12-18)33-15-32-20)22(28)14-31-25(30)23(16(2)3)26-24(29)19-9-6-17(4)7-10-19/h6-12,16,23H,5,13-15H2,1-4H3,(H,26,29)/t23-/m0/s1. The van der Waals surface area contributed by atoms with Crippen molar-refractivity contribution in [3.63, 3.8) is 0 Å². The summed E-state index contributed by atoms with van der Waals surface area (Å²) in [7, 11) is 0. The van der Waals surface area contributed by atoms with Crippen LogP contribution in [0.25, 0.3) is 0 Å². The minimum atomic E-state index is -0.865. The molecule has 8 nitrogen and oxygen atoms in total. The molecular formula is C25H30N2O6. The average Bonchev–Trinajstić information content (AvgIpc) is 3.27. The van der Waals surface area contributed by atoms with Crippen molar-refractivity contribution >= 4 is 17.8 Å². The molecule has 33 heavy (non-hydrogen) atoms. The summed E-state index contributed by atoms with van der Waals surface area (Å²) in [4.78, 5) is 39.5. The molecule has 0 bridgehead atoms. The Morgan fingerprint density at radius 3 is 2.42 bits per heavy atom. The van der Waals surface area contributed by atoms with E-state index in [1.54, 1.807) is 36.9 Å². The number of benzene rings is 2. The monoisotopic (exact) mass is 454 g/mol. The predicted octanol–water partition coefficient (Wildman–Crippen LogP) is 3.07. The molecule has 2 amide bonds. The van der Waals surface area contributed by atoms with Gasteiger partial charge in [0.15, 0.2) is 18.1 Å². The van der Waals surface area contributed by atoms with Crippen LogP contribution in [0.15, 0.2) is 42.5 Å². The van der Waals surface area contributed by atoms with Crippen LogP contribution in [0, 0.1) is 12.8 Å². The van der Waals surface area contributed by atoms with E-state index in [0.717, 1.165) is 11.1 Å². The number of aryl methyl sites for hydroxylation is 1. The summed E-state index contributed by atoms with van der Waals surface area (Å²) in [5, 5.41) is 2.72. The summed E-state index contributed by atoms with van der Waals surface area (Å²) < 4.78 is 16.0. The van der Waals surface area contributed by atoms with Gasteiger partial charge < -0.3 is 24.4 Å². The number of nitrogens with one attached hydrogen (secondary N) is 1. The third kappa shape index (κ3) is 6.25. The zero-order valence-corrected chi connectivity index (χ0v) is 19.4. The number of amides is 2. The lowest BCUT2D eigenvalue weighted by molar-refractivity contribution is -0.154. The predicted molar refractivity (Wildman–Crippen MR) is 122 cm³/mol. The van der Waals surface area contributed by atoms with Gasteiger partial charge in [-0.25, -0.2) is 4.79 Å². The summed E-state index contributed by atoms with van der Waals surface area (Å²) in [6, 6.07) is 11.7. The second-order valence-electron chi connectivity index (χ2n) is 8.26. The minimum Gasteiger partial charge on any atom is -0.454 e. The molecule has 8 heteroatoms. The Hall–Kier alpha value is -3.55. The largest absolute Gasteiger partial charge is 0.454 e. The Morgan fingerprint density at radius 2 is 1.76 bits per heavy atom. The van der Waals surface area contributed by atoms with Gasteiger partial charge in [-0.2, -0.15) is 0 Å². The fourth-order valence-electron chi connectivity index (χ4n) is 3.38. The van der Waals surface area contributed by atoms with E-state index in [2.05, 4.69) is 5.32 Å². The van der Waals surface area contributed by atoms with Crippen LogP contribution in [-0.4, -0.2) is 48.7 Å². The van der Waals surface area contributed by atoms with Gasteiger partial charge in [0.05, 0.1) is 0 Å². The van der Waals surface area contributed by atoms with E-state index in [4.69, 9.17) is 14.2 Å². The first-order valence-corrected chi connectivity index (χ1v) is 11.0. The van der Waals surface area contributed by atoms with Crippen molar-refractivity contribution in [1.82, 2.24) is 10.2 Å². The van der Waals surface area contributed by atoms with Crippen LogP contribution in [0.4, 0.5) is 0 Å². The number of fused-ring (bicyclic) bond motifs is 1. The number of likely N-dealkylation sites (N-methyl/N-ethyl adjacent to an activating group) is 1. The van der Waals surface area contributed by atoms with Crippen molar-refractivity contribution in [2.45, 2.75) is 40.3 Å². The number of rotatable bonds is 9. The van der Waals surface area contributed by atoms with E-state index < -0.39 is 18.6 Å². The van der Waals surface area contributed by atoms with Crippen molar-refractivity contribution in [2.75, 3.05) is 19.9 Å². The lowest BCUT2D eigenvalue weighted by Crippen LogP contribution is -2.46. The number of carbonyl (C=O) groups is 3. The fourth-order valence-corrected chi connectivity index (χ4v) is 3.38. The number of ether oxygens (including phenoxy) is 3. The van der Waals surface area contributed by atoms with E-state index in [1.807, 2.05) is 38.1 Å². The maximum absolute atomic E-state index is 12.7. The number of esters is 1. The summed E-state index contributed by atoms with van der Waals surface area (Å²) in [5.74, 6) is -0.220. The maximum Gasteiger partial charge on any atom is 0.329 e. The zero-order chi connectivity index (χ0) is 24.0. The number of carbonyl (C=O) groups excluding carboxylic acids is 3. The Bertz CT molecular complexity index is 1000. The van der Waals surface area contributed by atoms with Crippen LogP contribution < -0.4 is 14.8 Å². The highest BCUT2D eigenvalue weighted by Gasteiger charge is 2.27. The van der Waals surface area contributed by atoms with Gasteiger partial charge in [-0.15, -0.1) is 0 Å². The van der Waals surface area contributed by atoms with E-state index in [0.29, 0.717) is 30.2 Å². The molecule has 176 valence electrons. The normalized spacial score (nSPS) is 12.9. The van der Waals surface area contributed by atoms with Gasteiger partial charge in [0.2, 0.25) is 6.79 Å². The summed E-state index contributed by atoms with van der Waals surface area (Å²) >= 11 is 0. The molecule has 1 aliphatic rings. The second kappa shape index (κ2) is 10.8. The number of nitrogens with zero attached hydrogens (tertiary/aromatic N) is 1. The average molecular weight is 455 g/mol. The van der Waals surface area contributed by atoms with Gasteiger partial charge in [-0.1, -0.05) is 37.6 Å². The van der Waals surface area contributed by atoms with Crippen molar-refractivity contribution in [2.24, 2.45) is 5.92 Å². The molecule has 1 heterocycles. The highest BCUT2D eigenvalue weighted by molar-refractivity contribution is 5.97. The molecule has 0 unspecified atom stereocenters. The highest BCUT2D eigenvalue weighted by atomic mass is 16.7. The minimum absolute atomic E-state index is 0.183. The third-order valence-corrected chi connectivity index (χ3v) is 5.40. The molecule has 3 rings (SSSR count). The third-order valence-electron chi connectivity index (χ3n) is 5.40. The van der Waals surface area contributed by atoms with Gasteiger partial charge in [0.1, 0.15) is 6.04 Å². The van der Waals surface area contributed by atoms with E-state index in [1.165, 1.54) is 0 Å². The Labute approximate surface area is 193 Å². The molecule has 2 aromatic rings. The smallest absolute Gasteiger partial charge is 0.329 e. The molecule has 1 atom stereocenters. The molecule has 0 aliphatic carbocycles. The van der Waals surface area contributed by atoms with Gasteiger partial charge in [-0.3, -0.25) is 9.59 Å². The first-order valence-electron chi connectivity index (χ1n) is 11.0. The zero-order valence-electron chi connectivity index (χ0n) is 19.4. The molecule has 0 radical (unpaired) electrons. The molecule has 0 spiro atoms. The number of hydrogen-bond acceptors (Lipinski definition) is 6. The van der Waals surface area contributed by atoms with Crippen molar-refractivity contribution in [1.29, 1.82) is 0 Å². The van der Waals surface area contributed by atoms with Crippen LogP contribution in [0.3, 0.4) is 0 Å². The number of hydrogen-bond donors (Lipinski definition) is 1.